The Bertz CT molecular complexity index is 402. The lowest BCUT2D eigenvalue weighted by molar-refractivity contribution is 0.151. The van der Waals surface area contributed by atoms with Crippen molar-refractivity contribution in [2.45, 2.75) is 44.7 Å². The Labute approximate surface area is 125 Å². The predicted octanol–water partition coefficient (Wildman–Crippen LogP) is 4.26. The van der Waals surface area contributed by atoms with Crippen LogP contribution in [0.2, 0.25) is 10.0 Å². The van der Waals surface area contributed by atoms with Crippen LogP contribution in [0.3, 0.4) is 0 Å². The number of hydrogen-bond donors (Lipinski definition) is 1. The SMILES string of the molecule is CC1CCCCCN1C(CN)c1c(Cl)cccc1Cl. The number of benzene rings is 1. The van der Waals surface area contributed by atoms with Gasteiger partial charge in [0.2, 0.25) is 0 Å². The quantitative estimate of drug-likeness (QED) is 0.904. The Morgan fingerprint density at radius 1 is 1.26 bits per heavy atom. The molecule has 0 saturated carbocycles. The van der Waals surface area contributed by atoms with Crippen LogP contribution in [0.4, 0.5) is 0 Å². The highest BCUT2D eigenvalue weighted by Gasteiger charge is 2.28. The molecule has 2 N–H and O–H groups in total. The van der Waals surface area contributed by atoms with E-state index in [1.807, 2.05) is 18.2 Å². The van der Waals surface area contributed by atoms with E-state index in [2.05, 4.69) is 11.8 Å². The molecule has 2 nitrogen and oxygen atoms in total. The van der Waals surface area contributed by atoms with E-state index in [4.69, 9.17) is 28.9 Å². The van der Waals surface area contributed by atoms with Crippen LogP contribution in [0.25, 0.3) is 0 Å². The summed E-state index contributed by atoms with van der Waals surface area (Å²) in [5, 5.41) is 1.44. The molecule has 0 aromatic heterocycles. The van der Waals surface area contributed by atoms with Gasteiger partial charge in [-0.05, 0) is 38.4 Å². The predicted molar refractivity (Wildman–Crippen MR) is 82.9 cm³/mol. The van der Waals surface area contributed by atoms with E-state index in [1.165, 1.54) is 25.7 Å². The standard InChI is InChI=1S/C15H22Cl2N2/c1-11-6-3-2-4-9-19(11)14(10-18)15-12(16)7-5-8-13(15)17/h5,7-8,11,14H,2-4,6,9-10,18H2,1H3. The molecule has 1 fully saturated rings. The van der Waals surface area contributed by atoms with Crippen molar-refractivity contribution in [3.8, 4) is 0 Å². The summed E-state index contributed by atoms with van der Waals surface area (Å²) in [5.41, 5.74) is 7.02. The fourth-order valence-corrected chi connectivity index (χ4v) is 3.66. The fraction of sp³-hybridized carbons (Fsp3) is 0.600. The van der Waals surface area contributed by atoms with Gasteiger partial charge in [0.15, 0.2) is 0 Å². The first-order valence-corrected chi connectivity index (χ1v) is 7.80. The molecule has 19 heavy (non-hydrogen) atoms. The Morgan fingerprint density at radius 3 is 2.58 bits per heavy atom. The molecule has 1 aliphatic rings. The molecular weight excluding hydrogens is 279 g/mol. The second-order valence-electron chi connectivity index (χ2n) is 5.32. The maximum atomic E-state index is 6.34. The lowest BCUT2D eigenvalue weighted by Crippen LogP contribution is -2.40. The molecule has 0 bridgehead atoms. The fourth-order valence-electron chi connectivity index (χ4n) is 3.01. The zero-order chi connectivity index (χ0) is 13.8. The Hall–Kier alpha value is -0.280. The molecule has 1 aromatic rings. The van der Waals surface area contributed by atoms with Crippen LogP contribution in [0.5, 0.6) is 0 Å². The van der Waals surface area contributed by atoms with Gasteiger partial charge in [-0.25, -0.2) is 0 Å². The van der Waals surface area contributed by atoms with Gasteiger partial charge in [-0.2, -0.15) is 0 Å². The molecule has 2 rings (SSSR count). The van der Waals surface area contributed by atoms with E-state index < -0.39 is 0 Å². The third-order valence-corrected chi connectivity index (χ3v) is 4.72. The van der Waals surface area contributed by atoms with Gasteiger partial charge >= 0.3 is 0 Å². The summed E-state index contributed by atoms with van der Waals surface area (Å²) in [6.45, 7) is 3.90. The molecule has 4 heteroatoms. The average molecular weight is 301 g/mol. The molecular formula is C15H22Cl2N2. The first-order valence-electron chi connectivity index (χ1n) is 7.05. The second-order valence-corrected chi connectivity index (χ2v) is 6.14. The maximum Gasteiger partial charge on any atom is 0.0502 e. The molecule has 0 radical (unpaired) electrons. The maximum absolute atomic E-state index is 6.34. The van der Waals surface area contributed by atoms with Crippen molar-refractivity contribution < 1.29 is 0 Å². The van der Waals surface area contributed by atoms with Crippen LogP contribution >= 0.6 is 23.2 Å². The largest absolute Gasteiger partial charge is 0.329 e. The summed E-state index contributed by atoms with van der Waals surface area (Å²) in [6, 6.07) is 6.33. The molecule has 0 aliphatic carbocycles. The van der Waals surface area contributed by atoms with Crippen LogP contribution < -0.4 is 5.73 Å². The number of nitrogens with two attached hydrogens (primary N) is 1. The summed E-state index contributed by atoms with van der Waals surface area (Å²) in [4.78, 5) is 2.47. The minimum atomic E-state index is 0.120. The van der Waals surface area contributed by atoms with Gasteiger partial charge in [0, 0.05) is 28.2 Å². The van der Waals surface area contributed by atoms with Crippen LogP contribution in [0.1, 0.15) is 44.2 Å². The molecule has 0 amide bonds. The minimum absolute atomic E-state index is 0.120. The minimum Gasteiger partial charge on any atom is -0.329 e. The van der Waals surface area contributed by atoms with E-state index in [1.54, 1.807) is 0 Å². The highest BCUT2D eigenvalue weighted by Crippen LogP contribution is 2.35. The number of nitrogens with zero attached hydrogens (tertiary/aromatic N) is 1. The molecule has 106 valence electrons. The van der Waals surface area contributed by atoms with Crippen molar-refractivity contribution in [1.29, 1.82) is 0 Å². The Kier molecular flexibility index (Phi) is 5.52. The van der Waals surface area contributed by atoms with Crippen LogP contribution in [-0.2, 0) is 0 Å². The average Bonchev–Trinajstić information content (AvgIpc) is 2.59. The van der Waals surface area contributed by atoms with E-state index in [9.17, 15) is 0 Å². The van der Waals surface area contributed by atoms with Crippen LogP contribution in [-0.4, -0.2) is 24.0 Å². The number of likely N-dealkylation sites (tertiary alicyclic amines) is 1. The van der Waals surface area contributed by atoms with E-state index >= 15 is 0 Å². The molecule has 1 aliphatic heterocycles. The van der Waals surface area contributed by atoms with Gasteiger partial charge in [0.05, 0.1) is 6.04 Å². The highest BCUT2D eigenvalue weighted by atomic mass is 35.5. The Balaban J connectivity index is 2.32. The molecule has 1 aromatic carbocycles. The zero-order valence-electron chi connectivity index (χ0n) is 11.4. The third kappa shape index (κ3) is 3.43. The van der Waals surface area contributed by atoms with Crippen molar-refractivity contribution in [2.24, 2.45) is 5.73 Å². The van der Waals surface area contributed by atoms with Crippen molar-refractivity contribution >= 4 is 23.2 Å². The number of hydrogen-bond acceptors (Lipinski definition) is 2. The summed E-state index contributed by atoms with van der Waals surface area (Å²) < 4.78 is 0. The summed E-state index contributed by atoms with van der Waals surface area (Å²) in [5.74, 6) is 0. The first kappa shape index (κ1) is 15.1. The second kappa shape index (κ2) is 6.94. The van der Waals surface area contributed by atoms with Crippen molar-refractivity contribution in [1.82, 2.24) is 4.90 Å². The van der Waals surface area contributed by atoms with Crippen molar-refractivity contribution in [3.05, 3.63) is 33.8 Å². The lowest BCUT2D eigenvalue weighted by atomic mass is 10.0. The van der Waals surface area contributed by atoms with Crippen LogP contribution in [0, 0.1) is 0 Å². The number of rotatable bonds is 3. The molecule has 2 unspecified atom stereocenters. The molecule has 1 saturated heterocycles. The van der Waals surface area contributed by atoms with Gasteiger partial charge < -0.3 is 5.73 Å². The lowest BCUT2D eigenvalue weighted by Gasteiger charge is -2.35. The van der Waals surface area contributed by atoms with Crippen molar-refractivity contribution in [2.75, 3.05) is 13.1 Å². The van der Waals surface area contributed by atoms with Gasteiger partial charge in [0.25, 0.3) is 0 Å². The third-order valence-electron chi connectivity index (χ3n) is 4.06. The smallest absolute Gasteiger partial charge is 0.0502 e. The summed E-state index contributed by atoms with van der Waals surface area (Å²) in [7, 11) is 0. The molecule has 2 atom stereocenters. The van der Waals surface area contributed by atoms with Gasteiger partial charge in [-0.1, -0.05) is 42.1 Å². The highest BCUT2D eigenvalue weighted by molar-refractivity contribution is 6.36. The summed E-state index contributed by atoms with van der Waals surface area (Å²) >= 11 is 12.7. The van der Waals surface area contributed by atoms with Crippen LogP contribution in [0.15, 0.2) is 18.2 Å². The van der Waals surface area contributed by atoms with E-state index in [0.29, 0.717) is 12.6 Å². The van der Waals surface area contributed by atoms with E-state index in [0.717, 1.165) is 22.2 Å². The number of halogens is 2. The van der Waals surface area contributed by atoms with Gasteiger partial charge in [-0.15, -0.1) is 0 Å². The first-order chi connectivity index (χ1) is 9.15. The topological polar surface area (TPSA) is 29.3 Å². The van der Waals surface area contributed by atoms with E-state index in [-0.39, 0.29) is 6.04 Å². The molecule has 1 heterocycles. The van der Waals surface area contributed by atoms with Gasteiger partial charge in [0.1, 0.15) is 0 Å². The normalized spacial score (nSPS) is 23.1. The Morgan fingerprint density at radius 2 is 1.95 bits per heavy atom. The summed E-state index contributed by atoms with van der Waals surface area (Å²) in [6.07, 6.45) is 5.04. The van der Waals surface area contributed by atoms with Gasteiger partial charge in [-0.3, -0.25) is 4.90 Å². The van der Waals surface area contributed by atoms with Crippen molar-refractivity contribution in [3.63, 3.8) is 0 Å². The molecule has 0 spiro atoms. The monoisotopic (exact) mass is 300 g/mol. The zero-order valence-corrected chi connectivity index (χ0v) is 12.9.